The minimum absolute atomic E-state index is 0.234. The normalized spacial score (nSPS) is 36.3. The molecule has 18 heavy (non-hydrogen) atoms. The van der Waals surface area contributed by atoms with Gasteiger partial charge >= 0.3 is 0 Å². The van der Waals surface area contributed by atoms with Gasteiger partial charge in [0, 0.05) is 5.56 Å². The molecular formula is C12H13BrO5. The summed E-state index contributed by atoms with van der Waals surface area (Å²) in [5.74, 6) is -0.499. The van der Waals surface area contributed by atoms with E-state index in [1.165, 1.54) is 0 Å². The molecule has 2 rings (SSSR count). The summed E-state index contributed by atoms with van der Waals surface area (Å²) in [6, 6.07) is 8.29. The fraction of sp³-hybridized carbons (Fsp3) is 0.417. The molecule has 98 valence electrons. The lowest BCUT2D eigenvalue weighted by molar-refractivity contribution is -0.182. The standard InChI is InChI=1S/C12H13BrO5/c13-12(10(16)7-4-2-1-3-5-7)11(17)9(15)8(14)6-18-12/h1-5,8-9,11,14-15,17H,6H2/t8-,9-,11+,12?/m0/s1. The molecule has 0 saturated carbocycles. The Morgan fingerprint density at radius 1 is 1.28 bits per heavy atom. The quantitative estimate of drug-likeness (QED) is 0.531. The highest BCUT2D eigenvalue weighted by molar-refractivity contribution is 9.10. The van der Waals surface area contributed by atoms with E-state index >= 15 is 0 Å². The average Bonchev–Trinajstić information content (AvgIpc) is 2.41. The summed E-state index contributed by atoms with van der Waals surface area (Å²) in [4.78, 5) is 12.3. The van der Waals surface area contributed by atoms with Crippen LogP contribution in [-0.4, -0.2) is 50.5 Å². The second-order valence-corrected chi connectivity index (χ2v) is 5.33. The number of hydrogen-bond acceptors (Lipinski definition) is 5. The Morgan fingerprint density at radius 3 is 2.50 bits per heavy atom. The highest BCUT2D eigenvalue weighted by Crippen LogP contribution is 2.35. The third-order valence-electron chi connectivity index (χ3n) is 2.91. The van der Waals surface area contributed by atoms with Crippen LogP contribution in [0.1, 0.15) is 10.4 Å². The number of alkyl halides is 1. The van der Waals surface area contributed by atoms with E-state index in [0.717, 1.165) is 0 Å². The van der Waals surface area contributed by atoms with Gasteiger partial charge < -0.3 is 20.1 Å². The smallest absolute Gasteiger partial charge is 0.214 e. The summed E-state index contributed by atoms with van der Waals surface area (Å²) >= 11 is 3.04. The maximum atomic E-state index is 12.3. The first-order valence-corrected chi connectivity index (χ1v) is 6.23. The van der Waals surface area contributed by atoms with Crippen LogP contribution in [0.3, 0.4) is 0 Å². The number of aliphatic hydroxyl groups excluding tert-OH is 3. The molecule has 1 fully saturated rings. The van der Waals surface area contributed by atoms with Crippen molar-refractivity contribution in [3.05, 3.63) is 35.9 Å². The minimum Gasteiger partial charge on any atom is -0.388 e. The second-order valence-electron chi connectivity index (χ2n) is 4.15. The van der Waals surface area contributed by atoms with Crippen LogP contribution in [0.15, 0.2) is 30.3 Å². The minimum atomic E-state index is -1.73. The molecular weight excluding hydrogens is 304 g/mol. The molecule has 0 amide bonds. The van der Waals surface area contributed by atoms with Gasteiger partial charge in [0.05, 0.1) is 6.61 Å². The van der Waals surface area contributed by atoms with Crippen LogP contribution in [0.5, 0.6) is 0 Å². The number of ketones is 1. The monoisotopic (exact) mass is 316 g/mol. The Labute approximate surface area is 112 Å². The van der Waals surface area contributed by atoms with Crippen molar-refractivity contribution in [1.82, 2.24) is 0 Å². The van der Waals surface area contributed by atoms with Crippen molar-refractivity contribution in [3.8, 4) is 0 Å². The van der Waals surface area contributed by atoms with Gasteiger partial charge in [0.2, 0.25) is 10.3 Å². The number of carbonyl (C=O) groups is 1. The van der Waals surface area contributed by atoms with Crippen LogP contribution >= 0.6 is 15.9 Å². The predicted molar refractivity (Wildman–Crippen MR) is 66.4 cm³/mol. The predicted octanol–water partition coefficient (Wildman–Crippen LogP) is 0.0734. The van der Waals surface area contributed by atoms with Gasteiger partial charge in [0.15, 0.2) is 0 Å². The largest absolute Gasteiger partial charge is 0.388 e. The Balaban J connectivity index is 2.29. The van der Waals surface area contributed by atoms with Crippen molar-refractivity contribution < 1.29 is 24.9 Å². The number of halogens is 1. The Bertz CT molecular complexity index is 437. The second kappa shape index (κ2) is 5.07. The van der Waals surface area contributed by atoms with Gasteiger partial charge in [0.25, 0.3) is 0 Å². The molecule has 6 heteroatoms. The van der Waals surface area contributed by atoms with Gasteiger partial charge in [-0.25, -0.2) is 0 Å². The van der Waals surface area contributed by atoms with E-state index in [1.807, 2.05) is 0 Å². The molecule has 1 aromatic rings. The van der Waals surface area contributed by atoms with Crippen molar-refractivity contribution in [2.24, 2.45) is 0 Å². The zero-order valence-corrected chi connectivity index (χ0v) is 10.9. The zero-order chi connectivity index (χ0) is 13.3. The molecule has 1 aliphatic rings. The fourth-order valence-electron chi connectivity index (χ4n) is 1.81. The number of Topliss-reactive ketones (excluding diaryl/α,β-unsaturated/α-hetero) is 1. The molecule has 1 saturated heterocycles. The topological polar surface area (TPSA) is 87.0 Å². The lowest BCUT2D eigenvalue weighted by Gasteiger charge is -2.40. The molecule has 1 aromatic carbocycles. The first kappa shape index (κ1) is 13.6. The van der Waals surface area contributed by atoms with Crippen molar-refractivity contribution in [3.63, 3.8) is 0 Å². The van der Waals surface area contributed by atoms with E-state index in [1.54, 1.807) is 30.3 Å². The summed E-state index contributed by atoms with van der Waals surface area (Å²) in [7, 11) is 0. The molecule has 1 heterocycles. The molecule has 1 unspecified atom stereocenters. The van der Waals surface area contributed by atoms with Gasteiger partial charge in [-0.1, -0.05) is 30.3 Å². The summed E-state index contributed by atoms with van der Waals surface area (Å²) in [5.41, 5.74) is 0.344. The van der Waals surface area contributed by atoms with E-state index in [4.69, 9.17) is 4.74 Å². The van der Waals surface area contributed by atoms with Crippen LogP contribution in [0, 0.1) is 0 Å². The van der Waals surface area contributed by atoms with E-state index < -0.39 is 28.6 Å². The summed E-state index contributed by atoms with van der Waals surface area (Å²) in [6.07, 6.45) is -4.20. The Morgan fingerprint density at radius 2 is 1.89 bits per heavy atom. The third-order valence-corrected chi connectivity index (χ3v) is 3.97. The van der Waals surface area contributed by atoms with Crippen molar-refractivity contribution in [2.45, 2.75) is 22.8 Å². The Kier molecular flexibility index (Phi) is 3.84. The van der Waals surface area contributed by atoms with Crippen LogP contribution < -0.4 is 0 Å². The lowest BCUT2D eigenvalue weighted by atomic mass is 9.94. The van der Waals surface area contributed by atoms with Crippen molar-refractivity contribution in [1.29, 1.82) is 0 Å². The first-order valence-electron chi connectivity index (χ1n) is 5.43. The highest BCUT2D eigenvalue weighted by Gasteiger charge is 2.52. The van der Waals surface area contributed by atoms with Gasteiger partial charge in [-0.15, -0.1) is 0 Å². The van der Waals surface area contributed by atoms with E-state index in [2.05, 4.69) is 15.9 Å². The van der Waals surface area contributed by atoms with Gasteiger partial charge in [-0.3, -0.25) is 4.79 Å². The van der Waals surface area contributed by atoms with Crippen LogP contribution in [0.4, 0.5) is 0 Å². The molecule has 0 radical (unpaired) electrons. The van der Waals surface area contributed by atoms with Crippen LogP contribution in [-0.2, 0) is 4.74 Å². The SMILES string of the molecule is O=C(c1ccccc1)C1(Br)OC[C@H](O)[C@H](O)[C@H]1O. The molecule has 0 spiro atoms. The molecule has 0 bridgehead atoms. The molecule has 4 atom stereocenters. The number of hydrogen-bond donors (Lipinski definition) is 3. The van der Waals surface area contributed by atoms with E-state index in [9.17, 15) is 20.1 Å². The number of ether oxygens (including phenoxy) is 1. The molecule has 5 nitrogen and oxygen atoms in total. The lowest BCUT2D eigenvalue weighted by Crippen LogP contribution is -2.61. The summed E-state index contributed by atoms with van der Waals surface area (Å²) in [5, 5.41) is 28.9. The number of benzene rings is 1. The van der Waals surface area contributed by atoms with E-state index in [-0.39, 0.29) is 6.61 Å². The average molecular weight is 317 g/mol. The number of rotatable bonds is 2. The molecule has 1 aliphatic heterocycles. The number of carbonyl (C=O) groups excluding carboxylic acids is 1. The van der Waals surface area contributed by atoms with Crippen molar-refractivity contribution >= 4 is 21.7 Å². The van der Waals surface area contributed by atoms with E-state index in [0.29, 0.717) is 5.56 Å². The summed E-state index contributed by atoms with van der Waals surface area (Å²) < 4.78 is 3.45. The maximum absolute atomic E-state index is 12.3. The van der Waals surface area contributed by atoms with Crippen LogP contribution in [0.25, 0.3) is 0 Å². The van der Waals surface area contributed by atoms with Gasteiger partial charge in [-0.2, -0.15) is 0 Å². The van der Waals surface area contributed by atoms with Gasteiger partial charge in [0.1, 0.15) is 18.3 Å². The summed E-state index contributed by atoms with van der Waals surface area (Å²) in [6.45, 7) is -0.234. The maximum Gasteiger partial charge on any atom is 0.214 e. The third kappa shape index (κ3) is 2.22. The van der Waals surface area contributed by atoms with Crippen LogP contribution in [0.2, 0.25) is 0 Å². The molecule has 0 aliphatic carbocycles. The van der Waals surface area contributed by atoms with Gasteiger partial charge in [-0.05, 0) is 15.9 Å². The fourth-order valence-corrected chi connectivity index (χ4v) is 2.44. The molecule has 3 N–H and O–H groups in total. The Hall–Kier alpha value is -0.790. The van der Waals surface area contributed by atoms with Crippen molar-refractivity contribution in [2.75, 3.05) is 6.61 Å². The first-order chi connectivity index (χ1) is 8.47. The molecule has 0 aromatic heterocycles. The zero-order valence-electron chi connectivity index (χ0n) is 9.36. The highest BCUT2D eigenvalue weighted by atomic mass is 79.9. The number of aliphatic hydroxyl groups is 3.